The van der Waals surface area contributed by atoms with Gasteiger partial charge in [0.2, 0.25) is 0 Å². The number of ether oxygens (including phenoxy) is 1. The summed E-state index contributed by atoms with van der Waals surface area (Å²) in [5.41, 5.74) is 2.41. The highest BCUT2D eigenvalue weighted by Crippen LogP contribution is 2.48. The van der Waals surface area contributed by atoms with Gasteiger partial charge in [0, 0.05) is 0 Å². The SMILES string of the molecule is C[C@@H](O)[C@H]1O[C@H](C(C)(C)C)c2ccccc21. The molecule has 1 heterocycles. The minimum absolute atomic E-state index is 0.0553. The van der Waals surface area contributed by atoms with E-state index in [-0.39, 0.29) is 17.6 Å². The van der Waals surface area contributed by atoms with Crippen LogP contribution in [0, 0.1) is 5.41 Å². The van der Waals surface area contributed by atoms with Crippen LogP contribution in [0.25, 0.3) is 0 Å². The maximum atomic E-state index is 9.76. The molecule has 1 aliphatic heterocycles. The van der Waals surface area contributed by atoms with Gasteiger partial charge in [0.1, 0.15) is 6.10 Å². The van der Waals surface area contributed by atoms with E-state index >= 15 is 0 Å². The fourth-order valence-corrected chi connectivity index (χ4v) is 2.35. The number of fused-ring (bicyclic) bond motifs is 1. The van der Waals surface area contributed by atoms with E-state index in [9.17, 15) is 5.11 Å². The molecular formula is C14H20O2. The highest BCUT2D eigenvalue weighted by Gasteiger charge is 2.40. The fourth-order valence-electron chi connectivity index (χ4n) is 2.35. The van der Waals surface area contributed by atoms with Crippen LogP contribution in [0.3, 0.4) is 0 Å². The Morgan fingerprint density at radius 1 is 1.19 bits per heavy atom. The number of aliphatic hydroxyl groups excluding tert-OH is 1. The van der Waals surface area contributed by atoms with Crippen molar-refractivity contribution < 1.29 is 9.84 Å². The summed E-state index contributed by atoms with van der Waals surface area (Å²) in [5.74, 6) is 0. The first-order chi connectivity index (χ1) is 7.41. The smallest absolute Gasteiger partial charge is 0.109 e. The summed E-state index contributed by atoms with van der Waals surface area (Å²) in [4.78, 5) is 0. The van der Waals surface area contributed by atoms with Crippen LogP contribution in [0.15, 0.2) is 24.3 Å². The van der Waals surface area contributed by atoms with Crippen molar-refractivity contribution in [2.75, 3.05) is 0 Å². The number of benzene rings is 1. The summed E-state index contributed by atoms with van der Waals surface area (Å²) in [5, 5.41) is 9.76. The van der Waals surface area contributed by atoms with E-state index in [0.29, 0.717) is 0 Å². The molecule has 1 N–H and O–H groups in total. The van der Waals surface area contributed by atoms with Crippen molar-refractivity contribution in [1.29, 1.82) is 0 Å². The molecule has 0 fully saturated rings. The molecule has 88 valence electrons. The van der Waals surface area contributed by atoms with Crippen LogP contribution in [-0.2, 0) is 4.74 Å². The summed E-state index contributed by atoms with van der Waals surface area (Å²) in [6.07, 6.45) is -0.572. The van der Waals surface area contributed by atoms with Crippen molar-refractivity contribution in [3.63, 3.8) is 0 Å². The van der Waals surface area contributed by atoms with Crippen LogP contribution < -0.4 is 0 Å². The molecule has 0 aromatic heterocycles. The van der Waals surface area contributed by atoms with Crippen LogP contribution in [0.2, 0.25) is 0 Å². The van der Waals surface area contributed by atoms with E-state index in [1.165, 1.54) is 5.56 Å². The Morgan fingerprint density at radius 2 is 1.75 bits per heavy atom. The molecule has 0 bridgehead atoms. The lowest BCUT2D eigenvalue weighted by Gasteiger charge is -2.28. The quantitative estimate of drug-likeness (QED) is 0.787. The average molecular weight is 220 g/mol. The lowest BCUT2D eigenvalue weighted by atomic mass is 9.84. The minimum Gasteiger partial charge on any atom is -0.390 e. The standard InChI is InChI=1S/C14H20O2/c1-9(15)12-10-7-5-6-8-11(10)13(16-12)14(2,3)4/h5-9,12-13,15H,1-4H3/t9-,12-,13+/m1/s1. The zero-order valence-corrected chi connectivity index (χ0v) is 10.4. The van der Waals surface area contributed by atoms with Gasteiger partial charge < -0.3 is 9.84 Å². The molecule has 0 saturated carbocycles. The van der Waals surface area contributed by atoms with Crippen LogP contribution >= 0.6 is 0 Å². The molecule has 3 atom stereocenters. The molecule has 16 heavy (non-hydrogen) atoms. The predicted molar refractivity (Wildman–Crippen MR) is 64.1 cm³/mol. The second-order valence-corrected chi connectivity index (χ2v) is 5.67. The van der Waals surface area contributed by atoms with Gasteiger partial charge >= 0.3 is 0 Å². The van der Waals surface area contributed by atoms with E-state index in [1.54, 1.807) is 6.92 Å². The molecule has 2 rings (SSSR count). The van der Waals surface area contributed by atoms with Crippen LogP contribution in [0.5, 0.6) is 0 Å². The molecule has 0 aliphatic carbocycles. The Kier molecular flexibility index (Phi) is 2.81. The Labute approximate surface area is 97.3 Å². The second kappa shape index (κ2) is 3.86. The molecule has 2 heteroatoms. The van der Waals surface area contributed by atoms with Gasteiger partial charge in [-0.2, -0.15) is 0 Å². The molecule has 0 saturated heterocycles. The molecule has 1 aromatic rings. The van der Waals surface area contributed by atoms with Gasteiger partial charge in [0.25, 0.3) is 0 Å². The van der Waals surface area contributed by atoms with Crippen LogP contribution in [0.1, 0.15) is 51.0 Å². The average Bonchev–Trinajstić information content (AvgIpc) is 2.56. The van der Waals surface area contributed by atoms with Gasteiger partial charge in [0.05, 0.1) is 12.2 Å². The molecule has 0 unspecified atom stereocenters. The third kappa shape index (κ3) is 1.87. The zero-order chi connectivity index (χ0) is 11.9. The maximum absolute atomic E-state index is 9.76. The van der Waals surface area contributed by atoms with Gasteiger partial charge in [0.15, 0.2) is 0 Å². The van der Waals surface area contributed by atoms with Crippen molar-refractivity contribution in [1.82, 2.24) is 0 Å². The number of rotatable bonds is 1. The lowest BCUT2D eigenvalue weighted by Crippen LogP contribution is -2.20. The molecule has 1 aromatic carbocycles. The number of aliphatic hydroxyl groups is 1. The summed E-state index contributed by atoms with van der Waals surface area (Å²) < 4.78 is 6.01. The summed E-state index contributed by atoms with van der Waals surface area (Å²) in [7, 11) is 0. The van der Waals surface area contributed by atoms with Crippen molar-refractivity contribution in [2.24, 2.45) is 5.41 Å². The molecular weight excluding hydrogens is 200 g/mol. The van der Waals surface area contributed by atoms with Crippen LogP contribution in [-0.4, -0.2) is 11.2 Å². The highest BCUT2D eigenvalue weighted by molar-refractivity contribution is 5.36. The first-order valence-corrected chi connectivity index (χ1v) is 5.83. The van der Waals surface area contributed by atoms with Crippen molar-refractivity contribution in [2.45, 2.75) is 46.0 Å². The highest BCUT2D eigenvalue weighted by atomic mass is 16.5. The van der Waals surface area contributed by atoms with Gasteiger partial charge in [-0.1, -0.05) is 45.0 Å². The number of hydrogen-bond donors (Lipinski definition) is 1. The molecule has 0 radical (unpaired) electrons. The normalized spacial score (nSPS) is 26.6. The Hall–Kier alpha value is -0.860. The van der Waals surface area contributed by atoms with Gasteiger partial charge in [-0.25, -0.2) is 0 Å². The van der Waals surface area contributed by atoms with E-state index in [4.69, 9.17) is 4.74 Å². The van der Waals surface area contributed by atoms with E-state index in [0.717, 1.165) is 5.56 Å². The van der Waals surface area contributed by atoms with Gasteiger partial charge in [-0.15, -0.1) is 0 Å². The van der Waals surface area contributed by atoms with Gasteiger partial charge in [-0.3, -0.25) is 0 Å². The largest absolute Gasteiger partial charge is 0.390 e. The number of hydrogen-bond acceptors (Lipinski definition) is 2. The van der Waals surface area contributed by atoms with Crippen LogP contribution in [0.4, 0.5) is 0 Å². The summed E-state index contributed by atoms with van der Waals surface area (Å²) in [6, 6.07) is 8.19. The monoisotopic (exact) mass is 220 g/mol. The maximum Gasteiger partial charge on any atom is 0.109 e. The molecule has 2 nitrogen and oxygen atoms in total. The first-order valence-electron chi connectivity index (χ1n) is 5.83. The lowest BCUT2D eigenvalue weighted by molar-refractivity contribution is -0.0909. The fraction of sp³-hybridized carbons (Fsp3) is 0.571. The van der Waals surface area contributed by atoms with E-state index < -0.39 is 6.10 Å². The molecule has 0 amide bonds. The summed E-state index contributed by atoms with van der Waals surface area (Å²) in [6.45, 7) is 8.28. The van der Waals surface area contributed by atoms with Crippen molar-refractivity contribution in [3.05, 3.63) is 35.4 Å². The first kappa shape index (κ1) is 11.6. The topological polar surface area (TPSA) is 29.5 Å². The Morgan fingerprint density at radius 3 is 2.25 bits per heavy atom. The second-order valence-electron chi connectivity index (χ2n) is 5.67. The predicted octanol–water partition coefficient (Wildman–Crippen LogP) is 3.23. The van der Waals surface area contributed by atoms with E-state index in [2.05, 4.69) is 32.9 Å². The molecule has 1 aliphatic rings. The van der Waals surface area contributed by atoms with Crippen molar-refractivity contribution >= 4 is 0 Å². The Bertz CT molecular complexity index is 377. The minimum atomic E-state index is -0.464. The zero-order valence-electron chi connectivity index (χ0n) is 10.4. The summed E-state index contributed by atoms with van der Waals surface area (Å²) >= 11 is 0. The van der Waals surface area contributed by atoms with E-state index in [1.807, 2.05) is 12.1 Å². The molecule has 0 spiro atoms. The van der Waals surface area contributed by atoms with Gasteiger partial charge in [-0.05, 0) is 23.5 Å². The van der Waals surface area contributed by atoms with Crippen molar-refractivity contribution in [3.8, 4) is 0 Å². The third-order valence-corrected chi connectivity index (χ3v) is 3.09. The third-order valence-electron chi connectivity index (χ3n) is 3.09. The Balaban J connectivity index is 2.43.